The molecule has 1 saturated carbocycles. The maximum atomic E-state index is 11.6. The topological polar surface area (TPSA) is 46.9 Å². The standard InChI is InChI=1S/C20H26N2O2/c1-3-10-11-8-14-17-20(12-6-4-5-7-13(12)21(17)2)9-15(16(11)18(20)23)22(14)19(10)24/h4-7,10-11,14-19,23-24H,3,8-9H2,1-2H3/t10-,11?,14-,15-,16-,17-,18+,19+,20+/m0/s1. The first-order chi connectivity index (χ1) is 11.6. The molecule has 2 unspecified atom stereocenters. The molecule has 4 saturated heterocycles. The van der Waals surface area contributed by atoms with E-state index >= 15 is 0 Å². The number of aliphatic hydroxyl groups is 2. The van der Waals surface area contributed by atoms with Crippen LogP contribution in [0.1, 0.15) is 31.7 Å². The summed E-state index contributed by atoms with van der Waals surface area (Å²) in [7, 11) is 2.19. The lowest BCUT2D eigenvalue weighted by molar-refractivity contribution is -0.211. The van der Waals surface area contributed by atoms with Gasteiger partial charge in [0.15, 0.2) is 0 Å². The van der Waals surface area contributed by atoms with Gasteiger partial charge >= 0.3 is 0 Å². The Morgan fingerprint density at radius 2 is 2.00 bits per heavy atom. The van der Waals surface area contributed by atoms with Crippen LogP contribution >= 0.6 is 0 Å². The van der Waals surface area contributed by atoms with Gasteiger partial charge in [-0.25, -0.2) is 0 Å². The lowest BCUT2D eigenvalue weighted by Gasteiger charge is -2.62. The monoisotopic (exact) mass is 326 g/mol. The van der Waals surface area contributed by atoms with Crippen molar-refractivity contribution >= 4 is 5.69 Å². The van der Waals surface area contributed by atoms with Crippen LogP contribution in [0.4, 0.5) is 5.69 Å². The van der Waals surface area contributed by atoms with Gasteiger partial charge in [0, 0.05) is 42.1 Å². The van der Waals surface area contributed by atoms with Crippen LogP contribution in [0, 0.1) is 17.8 Å². The Bertz CT molecular complexity index is 723. The van der Waals surface area contributed by atoms with Gasteiger partial charge in [0.2, 0.25) is 0 Å². The van der Waals surface area contributed by atoms with Gasteiger partial charge < -0.3 is 15.1 Å². The van der Waals surface area contributed by atoms with Crippen LogP contribution in [-0.2, 0) is 5.41 Å². The molecule has 1 spiro atoms. The number of para-hydroxylation sites is 1. The predicted molar refractivity (Wildman–Crippen MR) is 91.7 cm³/mol. The molecular formula is C20H26N2O2. The van der Waals surface area contributed by atoms with Crippen molar-refractivity contribution in [1.29, 1.82) is 0 Å². The van der Waals surface area contributed by atoms with Gasteiger partial charge in [0.25, 0.3) is 0 Å². The summed E-state index contributed by atoms with van der Waals surface area (Å²) in [5.74, 6) is 1.14. The summed E-state index contributed by atoms with van der Waals surface area (Å²) < 4.78 is 0. The maximum Gasteiger partial charge on any atom is 0.111 e. The van der Waals surface area contributed by atoms with Crippen molar-refractivity contribution in [2.45, 2.75) is 62.1 Å². The number of nitrogens with zero attached hydrogens (tertiary/aromatic N) is 2. The number of aliphatic hydroxyl groups excluding tert-OH is 2. The van der Waals surface area contributed by atoms with Crippen LogP contribution in [0.5, 0.6) is 0 Å². The predicted octanol–water partition coefficient (Wildman–Crippen LogP) is 1.55. The van der Waals surface area contributed by atoms with Crippen molar-refractivity contribution in [2.75, 3.05) is 11.9 Å². The quantitative estimate of drug-likeness (QED) is 0.822. The average molecular weight is 326 g/mol. The van der Waals surface area contributed by atoms with Crippen LogP contribution in [0.15, 0.2) is 24.3 Å². The van der Waals surface area contributed by atoms with Gasteiger partial charge in [-0.3, -0.25) is 4.90 Å². The molecule has 1 aromatic rings. The van der Waals surface area contributed by atoms with Gasteiger partial charge in [0.05, 0.1) is 12.1 Å². The average Bonchev–Trinajstić information content (AvgIpc) is 2.97. The first-order valence-corrected chi connectivity index (χ1v) is 9.57. The number of likely N-dealkylation sites (N-methyl/N-ethyl adjacent to an activating group) is 1. The molecular weight excluding hydrogens is 300 g/mol. The maximum absolute atomic E-state index is 11.6. The molecule has 0 radical (unpaired) electrons. The number of hydrogen-bond acceptors (Lipinski definition) is 4. The van der Waals surface area contributed by atoms with Crippen LogP contribution < -0.4 is 4.90 Å². The molecule has 0 amide bonds. The van der Waals surface area contributed by atoms with E-state index in [0.29, 0.717) is 35.9 Å². The van der Waals surface area contributed by atoms with Gasteiger partial charge in [-0.05, 0) is 36.8 Å². The zero-order valence-electron chi connectivity index (χ0n) is 14.3. The second-order valence-corrected chi connectivity index (χ2v) is 8.81. The third-order valence-electron chi connectivity index (χ3n) is 8.46. The summed E-state index contributed by atoms with van der Waals surface area (Å²) in [6, 6.07) is 9.70. The lowest BCUT2D eigenvalue weighted by Crippen LogP contribution is -2.72. The number of benzene rings is 1. The molecule has 5 aliphatic heterocycles. The van der Waals surface area contributed by atoms with Crippen LogP contribution in [-0.4, -0.2) is 52.6 Å². The van der Waals surface area contributed by atoms with Crippen LogP contribution in [0.25, 0.3) is 0 Å². The number of piperidine rings is 4. The fourth-order valence-electron chi connectivity index (χ4n) is 7.88. The van der Waals surface area contributed by atoms with Crippen molar-refractivity contribution in [2.24, 2.45) is 17.8 Å². The number of hydrogen-bond donors (Lipinski definition) is 2. The van der Waals surface area contributed by atoms with Crippen LogP contribution in [0.3, 0.4) is 0 Å². The first kappa shape index (κ1) is 14.1. The molecule has 5 heterocycles. The van der Waals surface area contributed by atoms with E-state index < -0.39 is 0 Å². The van der Waals surface area contributed by atoms with E-state index in [1.165, 1.54) is 11.3 Å². The molecule has 7 rings (SSSR count). The minimum atomic E-state index is -0.319. The van der Waals surface area contributed by atoms with Crippen molar-refractivity contribution in [1.82, 2.24) is 4.90 Å². The highest BCUT2D eigenvalue weighted by Gasteiger charge is 2.76. The van der Waals surface area contributed by atoms with E-state index in [9.17, 15) is 10.2 Å². The van der Waals surface area contributed by atoms with E-state index in [-0.39, 0.29) is 17.7 Å². The molecule has 2 N–H and O–H groups in total. The van der Waals surface area contributed by atoms with E-state index in [2.05, 4.69) is 48.0 Å². The Kier molecular flexibility index (Phi) is 2.45. The number of rotatable bonds is 1. The van der Waals surface area contributed by atoms with Gasteiger partial charge in [-0.2, -0.15) is 0 Å². The fourth-order valence-corrected chi connectivity index (χ4v) is 7.88. The molecule has 0 aromatic heterocycles. The first-order valence-electron chi connectivity index (χ1n) is 9.57. The second kappa shape index (κ2) is 4.17. The Hall–Kier alpha value is -1.10. The van der Waals surface area contributed by atoms with Gasteiger partial charge in [-0.1, -0.05) is 25.1 Å². The zero-order chi connectivity index (χ0) is 16.4. The summed E-state index contributed by atoms with van der Waals surface area (Å²) in [6.45, 7) is 2.19. The van der Waals surface area contributed by atoms with Crippen molar-refractivity contribution in [3.8, 4) is 0 Å². The molecule has 5 fully saturated rings. The number of fused-ring (bicyclic) bond motifs is 2. The summed E-state index contributed by atoms with van der Waals surface area (Å²) in [4.78, 5) is 4.83. The van der Waals surface area contributed by atoms with Crippen LogP contribution in [0.2, 0.25) is 0 Å². The molecule has 6 aliphatic rings. The Labute approximate surface area is 143 Å². The van der Waals surface area contributed by atoms with E-state index in [4.69, 9.17) is 0 Å². The summed E-state index contributed by atoms with van der Waals surface area (Å²) in [5.41, 5.74) is 2.51. The molecule has 24 heavy (non-hydrogen) atoms. The molecule has 128 valence electrons. The minimum absolute atomic E-state index is 0.126. The zero-order valence-corrected chi connectivity index (χ0v) is 14.3. The fraction of sp³-hybridized carbons (Fsp3) is 0.700. The molecule has 4 heteroatoms. The minimum Gasteiger partial charge on any atom is -0.392 e. The Balaban J connectivity index is 1.60. The third-order valence-corrected chi connectivity index (χ3v) is 8.46. The lowest BCUT2D eigenvalue weighted by atomic mass is 9.62. The molecule has 1 aliphatic carbocycles. The van der Waals surface area contributed by atoms with Gasteiger partial charge in [0.1, 0.15) is 6.23 Å². The molecule has 10 atom stereocenters. The Morgan fingerprint density at radius 1 is 1.21 bits per heavy atom. The van der Waals surface area contributed by atoms with Gasteiger partial charge in [-0.15, -0.1) is 0 Å². The SMILES string of the molecule is CC[C@H]1C2C[C@H]3[C@@H]4N(C)c5ccccc5[C@]45C[C@@H]([C@H]2[C@H]5O)N3[C@@H]1O. The second-order valence-electron chi connectivity index (χ2n) is 8.81. The highest BCUT2D eigenvalue weighted by molar-refractivity contribution is 5.67. The van der Waals surface area contributed by atoms with E-state index in [0.717, 1.165) is 19.3 Å². The van der Waals surface area contributed by atoms with Crippen molar-refractivity contribution in [3.05, 3.63) is 29.8 Å². The van der Waals surface area contributed by atoms with E-state index in [1.54, 1.807) is 0 Å². The summed E-state index contributed by atoms with van der Waals surface area (Å²) in [5, 5.41) is 22.6. The highest BCUT2D eigenvalue weighted by Crippen LogP contribution is 2.68. The summed E-state index contributed by atoms with van der Waals surface area (Å²) in [6.07, 6.45) is 2.56. The number of anilines is 1. The summed E-state index contributed by atoms with van der Waals surface area (Å²) >= 11 is 0. The smallest absolute Gasteiger partial charge is 0.111 e. The highest BCUT2D eigenvalue weighted by atomic mass is 16.3. The normalized spacial score (nSPS) is 55.8. The third kappa shape index (κ3) is 1.20. The molecule has 5 bridgehead atoms. The Morgan fingerprint density at radius 3 is 2.79 bits per heavy atom. The molecule has 4 nitrogen and oxygen atoms in total. The molecule has 1 aromatic carbocycles. The van der Waals surface area contributed by atoms with Crippen molar-refractivity contribution < 1.29 is 10.2 Å². The largest absolute Gasteiger partial charge is 0.392 e. The van der Waals surface area contributed by atoms with Crippen molar-refractivity contribution in [3.63, 3.8) is 0 Å². The van der Waals surface area contributed by atoms with E-state index in [1.807, 2.05) is 0 Å².